The lowest BCUT2D eigenvalue weighted by molar-refractivity contribution is -0.0198. The number of imidazole rings is 1. The number of rotatable bonds is 5. The van der Waals surface area contributed by atoms with E-state index in [0.29, 0.717) is 11.2 Å². The summed E-state index contributed by atoms with van der Waals surface area (Å²) in [6.45, 7) is -0.283. The van der Waals surface area contributed by atoms with Crippen LogP contribution in [0.1, 0.15) is 6.23 Å². The Morgan fingerprint density at radius 2 is 2.21 bits per heavy atom. The Morgan fingerprint density at radius 3 is 2.92 bits per heavy atom. The maximum absolute atomic E-state index is 11.8. The Kier molecular flexibility index (Phi) is 4.28. The number of ether oxygens (including phenoxy) is 1. The molecule has 1 unspecified atom stereocenters. The van der Waals surface area contributed by atoms with E-state index in [1.54, 1.807) is 4.57 Å². The van der Waals surface area contributed by atoms with Crippen molar-refractivity contribution in [3.8, 4) is 0 Å². The van der Waals surface area contributed by atoms with Crippen molar-refractivity contribution < 1.29 is 23.8 Å². The van der Waals surface area contributed by atoms with E-state index >= 15 is 0 Å². The number of aliphatic hydroxyl groups excluding tert-OH is 1. The Balaban J connectivity index is 1.76. The molecule has 3 atom stereocenters. The van der Waals surface area contributed by atoms with Gasteiger partial charge in [-0.15, -0.1) is 0 Å². The Bertz CT molecular complexity index is 836. The Hall–Kier alpha value is -2.04. The summed E-state index contributed by atoms with van der Waals surface area (Å²) in [5.41, 5.74) is 6.59. The molecule has 0 bridgehead atoms. The highest BCUT2D eigenvalue weighted by molar-refractivity contribution is 7.50. The van der Waals surface area contributed by atoms with Gasteiger partial charge >= 0.3 is 7.75 Å². The quantitative estimate of drug-likeness (QED) is 0.644. The summed E-state index contributed by atoms with van der Waals surface area (Å²) in [6, 6.07) is 0. The molecule has 24 heavy (non-hydrogen) atoms. The van der Waals surface area contributed by atoms with E-state index < -0.39 is 20.1 Å². The minimum atomic E-state index is -3.91. The normalized spacial score (nSPS) is 23.6. The van der Waals surface area contributed by atoms with Crippen LogP contribution in [-0.4, -0.2) is 61.0 Å². The largest absolute Gasteiger partial charge is 0.510 e. The topological polar surface area (TPSA) is 149 Å². The average Bonchev–Trinajstić information content (AvgIpc) is 3.09. The van der Waals surface area contributed by atoms with E-state index in [1.807, 2.05) is 0 Å². The van der Waals surface area contributed by atoms with Gasteiger partial charge in [0.2, 0.25) is 0 Å². The first kappa shape index (κ1) is 16.8. The molecule has 11 nitrogen and oxygen atoms in total. The van der Waals surface area contributed by atoms with Crippen molar-refractivity contribution in [2.45, 2.75) is 12.3 Å². The molecule has 4 N–H and O–H groups in total. The highest BCUT2D eigenvalue weighted by atomic mass is 31.2. The fourth-order valence-electron chi connectivity index (χ4n) is 2.14. The number of nitrogen functional groups attached to an aromatic ring is 1. The minimum Gasteiger partial charge on any atom is -0.510 e. The van der Waals surface area contributed by atoms with Gasteiger partial charge in [0.25, 0.3) is 0 Å². The third kappa shape index (κ3) is 2.99. The molecular formula is C12H17N6O5P. The second kappa shape index (κ2) is 6.11. The average molecular weight is 356 g/mol. The molecule has 2 aromatic rings. The molecule has 0 aliphatic carbocycles. The summed E-state index contributed by atoms with van der Waals surface area (Å²) in [5.74, 6) is 0.125. The maximum Gasteiger partial charge on any atom is 0.405 e. The molecule has 0 fully saturated rings. The number of fused-ring (bicyclic) bond motifs is 1. The highest BCUT2D eigenvalue weighted by Crippen LogP contribution is 2.44. The predicted octanol–water partition coefficient (Wildman–Crippen LogP) is 0.426. The van der Waals surface area contributed by atoms with E-state index in [0.717, 1.165) is 4.67 Å². The molecule has 12 heteroatoms. The number of aromatic nitrogens is 4. The van der Waals surface area contributed by atoms with Crippen LogP contribution in [0.3, 0.4) is 0 Å². The first-order chi connectivity index (χ1) is 11.3. The molecule has 1 aliphatic rings. The molecule has 130 valence electrons. The molecule has 1 aliphatic heterocycles. The van der Waals surface area contributed by atoms with Gasteiger partial charge in [-0.05, 0) is 14.1 Å². The third-order valence-corrected chi connectivity index (χ3v) is 5.00. The van der Waals surface area contributed by atoms with Crippen molar-refractivity contribution in [2.24, 2.45) is 0 Å². The molecule has 3 rings (SSSR count). The molecule has 0 amide bonds. The lowest BCUT2D eigenvalue weighted by atomic mass is 10.3. The zero-order valence-electron chi connectivity index (χ0n) is 13.0. The highest BCUT2D eigenvalue weighted by Gasteiger charge is 2.33. The first-order valence-corrected chi connectivity index (χ1v) is 8.47. The monoisotopic (exact) mass is 356 g/mol. The van der Waals surface area contributed by atoms with Crippen molar-refractivity contribution >= 4 is 24.7 Å². The number of aliphatic hydroxyl groups is 1. The van der Waals surface area contributed by atoms with Crippen LogP contribution in [0.4, 0.5) is 5.82 Å². The van der Waals surface area contributed by atoms with E-state index in [1.165, 1.54) is 32.8 Å². The lowest BCUT2D eigenvalue weighted by Crippen LogP contribution is -2.22. The van der Waals surface area contributed by atoms with Crippen LogP contribution in [0.15, 0.2) is 24.5 Å². The number of anilines is 1. The lowest BCUT2D eigenvalue weighted by Gasteiger charge is -2.21. The summed E-state index contributed by atoms with van der Waals surface area (Å²) in [7, 11) is -1.08. The number of nitrogens with zero attached hydrogens (tertiary/aromatic N) is 5. The van der Waals surface area contributed by atoms with Crippen LogP contribution in [0.25, 0.3) is 11.2 Å². The molecule has 0 saturated heterocycles. The fraction of sp³-hybridized carbons (Fsp3) is 0.417. The minimum absolute atomic E-state index is 0.109. The Labute approximate surface area is 136 Å². The van der Waals surface area contributed by atoms with Gasteiger partial charge in [-0.1, -0.05) is 0 Å². The smallest absolute Gasteiger partial charge is 0.405 e. The van der Waals surface area contributed by atoms with Crippen LogP contribution in [-0.2, 0) is 13.8 Å². The predicted molar refractivity (Wildman–Crippen MR) is 83.8 cm³/mol. The third-order valence-electron chi connectivity index (χ3n) is 3.51. The van der Waals surface area contributed by atoms with Crippen LogP contribution in [0.5, 0.6) is 0 Å². The molecule has 2 aromatic heterocycles. The Morgan fingerprint density at radius 1 is 1.46 bits per heavy atom. The van der Waals surface area contributed by atoms with E-state index in [-0.39, 0.29) is 18.2 Å². The van der Waals surface area contributed by atoms with Crippen LogP contribution in [0.2, 0.25) is 0 Å². The van der Waals surface area contributed by atoms with Crippen LogP contribution < -0.4 is 5.73 Å². The van der Waals surface area contributed by atoms with Crippen molar-refractivity contribution in [3.05, 3.63) is 24.5 Å². The zero-order valence-corrected chi connectivity index (χ0v) is 13.9. The van der Waals surface area contributed by atoms with Crippen molar-refractivity contribution in [2.75, 3.05) is 26.4 Å². The van der Waals surface area contributed by atoms with Gasteiger partial charge in [-0.25, -0.2) is 24.2 Å². The van der Waals surface area contributed by atoms with E-state index in [2.05, 4.69) is 15.0 Å². The SMILES string of the molecule is CN(C)P(=O)(O)OC[C@H]1O[C@@H](n2cnc3c(N)ncnc32)C=C1O. The van der Waals surface area contributed by atoms with Crippen molar-refractivity contribution in [1.82, 2.24) is 24.2 Å². The second-order valence-electron chi connectivity index (χ2n) is 5.32. The molecule has 0 radical (unpaired) electrons. The summed E-state index contributed by atoms with van der Waals surface area (Å²) in [4.78, 5) is 21.7. The standard InChI is InChI=1S/C12H17N6O5P/c1-17(2)24(20,21)22-4-8-7(19)3-9(23-8)18-6-16-10-11(13)14-5-15-12(10)18/h3,5-6,8-9,19H,4H2,1-2H3,(H,20,21)(H2,13,14,15)/t8-,9-/m1/s1. The number of hydrogen-bond donors (Lipinski definition) is 3. The van der Waals surface area contributed by atoms with Gasteiger partial charge in [0.1, 0.15) is 23.7 Å². The summed E-state index contributed by atoms with van der Waals surface area (Å²) < 4.78 is 25.0. The van der Waals surface area contributed by atoms with Crippen molar-refractivity contribution in [3.63, 3.8) is 0 Å². The molecular weight excluding hydrogens is 339 g/mol. The summed E-state index contributed by atoms with van der Waals surface area (Å²) in [5, 5.41) is 10.0. The van der Waals surface area contributed by atoms with Gasteiger partial charge in [-0.2, -0.15) is 0 Å². The fourth-order valence-corrected chi connectivity index (χ4v) is 2.70. The van der Waals surface area contributed by atoms with E-state index in [9.17, 15) is 14.6 Å². The molecule has 3 heterocycles. The van der Waals surface area contributed by atoms with Gasteiger partial charge in [0.05, 0.1) is 12.9 Å². The van der Waals surface area contributed by atoms with Gasteiger partial charge < -0.3 is 20.5 Å². The van der Waals surface area contributed by atoms with E-state index in [4.69, 9.17) is 15.0 Å². The number of hydrogen-bond acceptors (Lipinski definition) is 8. The van der Waals surface area contributed by atoms with Gasteiger partial charge in [0, 0.05) is 6.08 Å². The molecule has 0 aromatic carbocycles. The second-order valence-corrected chi connectivity index (χ2v) is 7.36. The number of nitrogens with two attached hydrogens (primary N) is 1. The van der Waals surface area contributed by atoms with Crippen LogP contribution >= 0.6 is 7.75 Å². The van der Waals surface area contributed by atoms with Gasteiger partial charge in [-0.3, -0.25) is 9.09 Å². The maximum atomic E-state index is 11.8. The van der Waals surface area contributed by atoms with Crippen molar-refractivity contribution in [1.29, 1.82) is 0 Å². The zero-order chi connectivity index (χ0) is 17.5. The van der Waals surface area contributed by atoms with Crippen LogP contribution in [0, 0.1) is 0 Å². The summed E-state index contributed by atoms with van der Waals surface area (Å²) in [6.07, 6.45) is 2.62. The molecule has 0 spiro atoms. The van der Waals surface area contributed by atoms with Gasteiger partial charge in [0.15, 0.2) is 17.7 Å². The summed E-state index contributed by atoms with van der Waals surface area (Å²) >= 11 is 0. The molecule has 0 saturated carbocycles. The first-order valence-electron chi connectivity index (χ1n) is 6.94.